The number of para-hydroxylation sites is 1. The fourth-order valence-electron chi connectivity index (χ4n) is 3.18. The van der Waals surface area contributed by atoms with E-state index in [9.17, 15) is 8.78 Å². The number of aliphatic imine (C=N–C) groups is 1. The van der Waals surface area contributed by atoms with Crippen LogP contribution in [0, 0.1) is 11.6 Å². The van der Waals surface area contributed by atoms with Gasteiger partial charge in [-0.15, -0.1) is 0 Å². The van der Waals surface area contributed by atoms with Crippen molar-refractivity contribution < 1.29 is 8.78 Å². The van der Waals surface area contributed by atoms with Gasteiger partial charge in [0, 0.05) is 22.9 Å². The Hall–Kier alpha value is -3.41. The molecule has 0 saturated carbocycles. The lowest BCUT2D eigenvalue weighted by atomic mass is 10.0. The third kappa shape index (κ3) is 2.00. The molecule has 2 aromatic carbocycles. The Balaban J connectivity index is 1.94. The van der Waals surface area contributed by atoms with Crippen molar-refractivity contribution in [2.45, 2.75) is 0 Å². The minimum Gasteiger partial charge on any atom is -0.247 e. The molecule has 2 aromatic heterocycles. The van der Waals surface area contributed by atoms with E-state index >= 15 is 0 Å². The van der Waals surface area contributed by atoms with Crippen LogP contribution in [0.1, 0.15) is 11.1 Å². The highest BCUT2D eigenvalue weighted by Gasteiger charge is 2.24. The highest BCUT2D eigenvalue weighted by atomic mass is 19.1. The number of halogens is 2. The maximum Gasteiger partial charge on any atom is 0.137 e. The maximum atomic E-state index is 14.4. The van der Waals surface area contributed by atoms with Gasteiger partial charge >= 0.3 is 0 Å². The van der Waals surface area contributed by atoms with Gasteiger partial charge in [-0.3, -0.25) is 0 Å². The van der Waals surface area contributed by atoms with Crippen LogP contribution in [0.25, 0.3) is 16.8 Å². The first-order valence-corrected chi connectivity index (χ1v) is 7.68. The number of nitrogens with zero attached hydrogens (tertiary/aromatic N) is 4. The Bertz CT molecular complexity index is 1180. The molecule has 5 rings (SSSR count). The lowest BCUT2D eigenvalue weighted by Gasteiger charge is -2.07. The van der Waals surface area contributed by atoms with Gasteiger partial charge < -0.3 is 0 Å². The molecule has 0 bridgehead atoms. The van der Waals surface area contributed by atoms with Gasteiger partial charge in [-0.2, -0.15) is 5.10 Å². The van der Waals surface area contributed by atoms with Crippen molar-refractivity contribution in [2.24, 2.45) is 4.99 Å². The van der Waals surface area contributed by atoms with E-state index in [4.69, 9.17) is 0 Å². The Kier molecular flexibility index (Phi) is 2.82. The van der Waals surface area contributed by atoms with Gasteiger partial charge in [-0.05, 0) is 30.3 Å². The van der Waals surface area contributed by atoms with Crippen LogP contribution >= 0.6 is 0 Å². The summed E-state index contributed by atoms with van der Waals surface area (Å²) in [5.41, 5.74) is 4.03. The van der Waals surface area contributed by atoms with E-state index < -0.39 is 11.6 Å². The largest absolute Gasteiger partial charge is 0.247 e. The first-order chi connectivity index (χ1) is 12.2. The number of hydrogen-bond acceptors (Lipinski definition) is 3. The molecular formula is C19H10F2N4. The summed E-state index contributed by atoms with van der Waals surface area (Å²) in [6.45, 7) is 0. The van der Waals surface area contributed by atoms with Crippen LogP contribution in [0.4, 0.5) is 14.5 Å². The molecule has 4 nitrogen and oxygen atoms in total. The van der Waals surface area contributed by atoms with Crippen molar-refractivity contribution in [3.05, 3.63) is 83.8 Å². The second kappa shape index (κ2) is 5.04. The maximum absolute atomic E-state index is 14.4. The first-order valence-electron chi connectivity index (χ1n) is 7.68. The van der Waals surface area contributed by atoms with Gasteiger partial charge in [0.15, 0.2) is 0 Å². The second-order valence-corrected chi connectivity index (χ2v) is 5.73. The molecule has 25 heavy (non-hydrogen) atoms. The zero-order valence-corrected chi connectivity index (χ0v) is 12.8. The van der Waals surface area contributed by atoms with Crippen LogP contribution in [0.2, 0.25) is 0 Å². The van der Waals surface area contributed by atoms with Crippen LogP contribution in [-0.2, 0) is 0 Å². The first kappa shape index (κ1) is 14.0. The molecule has 0 radical (unpaired) electrons. The monoisotopic (exact) mass is 332 g/mol. The van der Waals surface area contributed by atoms with E-state index in [1.165, 1.54) is 6.33 Å². The van der Waals surface area contributed by atoms with Crippen molar-refractivity contribution in [1.29, 1.82) is 0 Å². The Morgan fingerprint density at radius 3 is 2.68 bits per heavy atom. The van der Waals surface area contributed by atoms with Crippen LogP contribution in [0.5, 0.6) is 0 Å². The van der Waals surface area contributed by atoms with Gasteiger partial charge in [0.1, 0.15) is 29.2 Å². The molecular weight excluding hydrogens is 322 g/mol. The molecule has 1 aliphatic heterocycles. The van der Waals surface area contributed by atoms with E-state index in [2.05, 4.69) is 15.1 Å². The molecule has 0 unspecified atom stereocenters. The van der Waals surface area contributed by atoms with Crippen LogP contribution in [-0.4, -0.2) is 20.3 Å². The van der Waals surface area contributed by atoms with Crippen LogP contribution in [0.3, 0.4) is 0 Å². The van der Waals surface area contributed by atoms with Crippen molar-refractivity contribution in [1.82, 2.24) is 14.6 Å². The van der Waals surface area contributed by atoms with E-state index in [-0.39, 0.29) is 5.56 Å². The zero-order valence-electron chi connectivity index (χ0n) is 12.8. The number of hydrogen-bond donors (Lipinski definition) is 0. The summed E-state index contributed by atoms with van der Waals surface area (Å²) in [4.78, 5) is 9.06. The third-order valence-corrected chi connectivity index (χ3v) is 4.28. The molecule has 0 atom stereocenters. The van der Waals surface area contributed by atoms with Gasteiger partial charge in [-0.25, -0.2) is 23.3 Å². The zero-order chi connectivity index (χ0) is 17.0. The van der Waals surface area contributed by atoms with Crippen molar-refractivity contribution >= 4 is 16.9 Å². The second-order valence-electron chi connectivity index (χ2n) is 5.73. The Morgan fingerprint density at radius 1 is 0.880 bits per heavy atom. The number of benzene rings is 2. The Labute approximate surface area is 141 Å². The van der Waals surface area contributed by atoms with Crippen molar-refractivity contribution in [2.75, 3.05) is 0 Å². The van der Waals surface area contributed by atoms with Crippen molar-refractivity contribution in [3.8, 4) is 11.3 Å². The van der Waals surface area contributed by atoms with Crippen LogP contribution in [0.15, 0.2) is 66.0 Å². The van der Waals surface area contributed by atoms with Crippen molar-refractivity contribution in [3.63, 3.8) is 0 Å². The summed E-state index contributed by atoms with van der Waals surface area (Å²) in [7, 11) is 0. The topological polar surface area (TPSA) is 42.5 Å². The molecule has 3 heterocycles. The molecule has 4 aromatic rings. The summed E-state index contributed by atoms with van der Waals surface area (Å²) in [6.07, 6.45) is 3.23. The Morgan fingerprint density at radius 2 is 1.76 bits per heavy atom. The van der Waals surface area contributed by atoms with Gasteiger partial charge in [0.2, 0.25) is 0 Å². The summed E-state index contributed by atoms with van der Waals surface area (Å²) in [5, 5.41) is 4.21. The number of fused-ring (bicyclic) bond motifs is 2. The lowest BCUT2D eigenvalue weighted by Crippen LogP contribution is -2.06. The van der Waals surface area contributed by atoms with E-state index in [1.54, 1.807) is 16.8 Å². The summed E-state index contributed by atoms with van der Waals surface area (Å²) < 4.78 is 29.9. The quantitative estimate of drug-likeness (QED) is 0.463. The highest BCUT2D eigenvalue weighted by molar-refractivity contribution is 6.20. The molecule has 0 N–H and O–H groups in total. The fourth-order valence-corrected chi connectivity index (χ4v) is 3.18. The minimum atomic E-state index is -0.530. The average molecular weight is 332 g/mol. The predicted molar refractivity (Wildman–Crippen MR) is 90.1 cm³/mol. The van der Waals surface area contributed by atoms with E-state index in [1.807, 2.05) is 24.3 Å². The summed E-state index contributed by atoms with van der Waals surface area (Å²) >= 11 is 0. The SMILES string of the molecule is Fc1ccc(F)c(C2=Nc3ccccc3-c3ncnn4ccc2c34)c1. The van der Waals surface area contributed by atoms with Crippen LogP contribution < -0.4 is 0 Å². The predicted octanol–water partition coefficient (Wildman–Crippen LogP) is 4.16. The van der Waals surface area contributed by atoms with Gasteiger partial charge in [0.25, 0.3) is 0 Å². The molecule has 0 spiro atoms. The molecule has 0 saturated heterocycles. The molecule has 0 amide bonds. The normalized spacial score (nSPS) is 12.6. The minimum absolute atomic E-state index is 0.111. The molecule has 0 aliphatic carbocycles. The summed E-state index contributed by atoms with van der Waals surface area (Å²) in [5.74, 6) is -1.05. The molecule has 6 heteroatoms. The third-order valence-electron chi connectivity index (χ3n) is 4.28. The molecule has 0 fully saturated rings. The fraction of sp³-hybridized carbons (Fsp3) is 0. The van der Waals surface area contributed by atoms with Gasteiger partial charge in [-0.1, -0.05) is 18.2 Å². The average Bonchev–Trinajstić information content (AvgIpc) is 3.00. The number of rotatable bonds is 1. The molecule has 1 aliphatic rings. The lowest BCUT2D eigenvalue weighted by molar-refractivity contribution is 0.598. The summed E-state index contributed by atoms with van der Waals surface area (Å²) in [6, 6.07) is 12.6. The smallest absolute Gasteiger partial charge is 0.137 e. The van der Waals surface area contributed by atoms with Gasteiger partial charge in [0.05, 0.1) is 11.4 Å². The highest BCUT2D eigenvalue weighted by Crippen LogP contribution is 2.37. The standard InChI is InChI=1S/C19H10F2N4/c20-11-5-6-15(21)14(9-11)17-13-7-8-25-19(13)18(22-10-23-25)12-3-1-2-4-16(12)24-17/h1-10H. The number of aromatic nitrogens is 3. The molecule has 120 valence electrons. The van der Waals surface area contributed by atoms with E-state index in [0.717, 1.165) is 29.3 Å². The van der Waals surface area contributed by atoms with E-state index in [0.29, 0.717) is 22.7 Å².